The van der Waals surface area contributed by atoms with Gasteiger partial charge in [0, 0.05) is 12.1 Å². The predicted octanol–water partition coefficient (Wildman–Crippen LogP) is 4.43. The minimum absolute atomic E-state index is 0.0284. The van der Waals surface area contributed by atoms with Gasteiger partial charge < -0.3 is 24.6 Å². The first-order valence-electron chi connectivity index (χ1n) is 11.6. The molecule has 0 saturated carbocycles. The van der Waals surface area contributed by atoms with Gasteiger partial charge in [0.15, 0.2) is 0 Å². The van der Waals surface area contributed by atoms with Crippen LogP contribution in [-0.4, -0.2) is 47.0 Å². The molecule has 1 amide bonds. The largest absolute Gasteiger partial charge is 0.508 e. The van der Waals surface area contributed by atoms with E-state index in [1.54, 1.807) is 62.6 Å². The Labute approximate surface area is 214 Å². The van der Waals surface area contributed by atoms with Crippen LogP contribution in [0.2, 0.25) is 0 Å². The van der Waals surface area contributed by atoms with E-state index in [1.165, 1.54) is 24.1 Å². The van der Waals surface area contributed by atoms with Crippen LogP contribution in [0.5, 0.6) is 11.5 Å². The number of likely N-dealkylation sites (tertiary alicyclic amines) is 1. The van der Waals surface area contributed by atoms with Gasteiger partial charge in [-0.25, -0.2) is 4.79 Å². The smallest absolute Gasteiger partial charge is 0.337 e. The zero-order valence-electron chi connectivity index (χ0n) is 20.9. The summed E-state index contributed by atoms with van der Waals surface area (Å²) in [5.41, 5.74) is 3.39. The molecule has 3 aromatic rings. The molecule has 1 aliphatic heterocycles. The van der Waals surface area contributed by atoms with Gasteiger partial charge in [0.1, 0.15) is 17.3 Å². The van der Waals surface area contributed by atoms with Gasteiger partial charge in [-0.15, -0.1) is 0 Å². The molecule has 0 spiro atoms. The van der Waals surface area contributed by atoms with Crippen LogP contribution in [-0.2, 0) is 20.9 Å². The van der Waals surface area contributed by atoms with E-state index in [9.17, 15) is 24.6 Å². The number of ketones is 1. The summed E-state index contributed by atoms with van der Waals surface area (Å²) >= 11 is 0. The number of aliphatic hydroxyl groups excluding tert-OH is 1. The molecule has 0 bridgehead atoms. The number of hydrogen-bond acceptors (Lipinski definition) is 7. The van der Waals surface area contributed by atoms with Crippen LogP contribution in [0.1, 0.15) is 44.2 Å². The molecule has 0 aromatic heterocycles. The molecule has 190 valence electrons. The number of aliphatic hydroxyl groups is 1. The molecule has 8 nitrogen and oxygen atoms in total. The molecule has 1 saturated heterocycles. The molecule has 1 unspecified atom stereocenters. The number of benzene rings is 3. The molecular formula is C29H27NO7. The zero-order chi connectivity index (χ0) is 26.9. The second kappa shape index (κ2) is 10.2. The number of aromatic hydroxyl groups is 1. The lowest BCUT2D eigenvalue weighted by Gasteiger charge is -2.26. The number of nitrogens with zero attached hydrogens (tertiary/aromatic N) is 1. The molecule has 8 heteroatoms. The number of carbonyl (C=O) groups excluding carboxylic acids is 3. The minimum atomic E-state index is -0.900. The first kappa shape index (κ1) is 25.5. The monoisotopic (exact) mass is 501 g/mol. The molecule has 0 aliphatic carbocycles. The van der Waals surface area contributed by atoms with Crippen LogP contribution in [0.4, 0.5) is 0 Å². The van der Waals surface area contributed by atoms with E-state index in [0.717, 1.165) is 5.56 Å². The first-order valence-corrected chi connectivity index (χ1v) is 11.6. The van der Waals surface area contributed by atoms with Gasteiger partial charge in [-0.3, -0.25) is 9.59 Å². The van der Waals surface area contributed by atoms with Crippen molar-refractivity contribution in [3.05, 3.63) is 99.6 Å². The van der Waals surface area contributed by atoms with E-state index < -0.39 is 23.7 Å². The Morgan fingerprint density at radius 1 is 0.946 bits per heavy atom. The van der Waals surface area contributed by atoms with E-state index >= 15 is 0 Å². The lowest BCUT2D eigenvalue weighted by atomic mass is 9.93. The number of rotatable bonds is 6. The van der Waals surface area contributed by atoms with Crippen molar-refractivity contribution in [1.29, 1.82) is 0 Å². The molecule has 37 heavy (non-hydrogen) atoms. The summed E-state index contributed by atoms with van der Waals surface area (Å²) in [6.45, 7) is 3.66. The third kappa shape index (κ3) is 4.78. The van der Waals surface area contributed by atoms with Crippen LogP contribution in [0.15, 0.2) is 66.2 Å². The summed E-state index contributed by atoms with van der Waals surface area (Å²) in [6.07, 6.45) is 0. The van der Waals surface area contributed by atoms with Crippen LogP contribution in [0.3, 0.4) is 0 Å². The highest BCUT2D eigenvalue weighted by Gasteiger charge is 2.46. The predicted molar refractivity (Wildman–Crippen MR) is 136 cm³/mol. The van der Waals surface area contributed by atoms with Gasteiger partial charge in [-0.2, -0.15) is 0 Å². The van der Waals surface area contributed by atoms with Crippen molar-refractivity contribution in [1.82, 2.24) is 4.90 Å². The summed E-state index contributed by atoms with van der Waals surface area (Å²) in [6, 6.07) is 15.2. The Kier molecular flexibility index (Phi) is 7.02. The third-order valence-electron chi connectivity index (χ3n) is 6.47. The summed E-state index contributed by atoms with van der Waals surface area (Å²) in [5.74, 6) is -1.68. The van der Waals surface area contributed by atoms with Crippen molar-refractivity contribution >= 4 is 23.4 Å². The topological polar surface area (TPSA) is 113 Å². The molecule has 1 heterocycles. The summed E-state index contributed by atoms with van der Waals surface area (Å²) in [7, 11) is 2.84. The fraction of sp³-hybridized carbons (Fsp3) is 0.207. The second-order valence-electron chi connectivity index (χ2n) is 8.84. The molecule has 0 radical (unpaired) electrons. The van der Waals surface area contributed by atoms with E-state index in [2.05, 4.69) is 0 Å². The van der Waals surface area contributed by atoms with Gasteiger partial charge in [0.05, 0.1) is 31.4 Å². The van der Waals surface area contributed by atoms with E-state index in [0.29, 0.717) is 33.6 Å². The quantitative estimate of drug-likeness (QED) is 0.222. The summed E-state index contributed by atoms with van der Waals surface area (Å²) in [4.78, 5) is 39.8. The number of methoxy groups -OCH3 is 2. The average molecular weight is 502 g/mol. The Hall–Kier alpha value is -4.59. The number of carbonyl (C=O) groups is 3. The number of Topliss-reactive ketones (excluding diaryl/α,β-unsaturated/α-hetero) is 1. The van der Waals surface area contributed by atoms with Crippen molar-refractivity contribution in [2.24, 2.45) is 0 Å². The lowest BCUT2D eigenvalue weighted by molar-refractivity contribution is -0.140. The summed E-state index contributed by atoms with van der Waals surface area (Å²) < 4.78 is 10.1. The maximum absolute atomic E-state index is 13.3. The fourth-order valence-electron chi connectivity index (χ4n) is 4.52. The highest BCUT2D eigenvalue weighted by atomic mass is 16.5. The van der Waals surface area contributed by atoms with Crippen molar-refractivity contribution in [3.63, 3.8) is 0 Å². The van der Waals surface area contributed by atoms with Crippen LogP contribution in [0, 0.1) is 13.8 Å². The Morgan fingerprint density at radius 3 is 2.19 bits per heavy atom. The molecule has 3 aromatic carbocycles. The van der Waals surface area contributed by atoms with Crippen molar-refractivity contribution < 1.29 is 34.1 Å². The number of aryl methyl sites for hydroxylation is 2. The Morgan fingerprint density at radius 2 is 1.59 bits per heavy atom. The molecule has 1 aliphatic rings. The van der Waals surface area contributed by atoms with Crippen molar-refractivity contribution in [2.75, 3.05) is 14.2 Å². The number of amides is 1. The van der Waals surface area contributed by atoms with Gasteiger partial charge in [0.25, 0.3) is 11.7 Å². The SMILES string of the molecule is COC(=O)c1ccc(CN2C(=O)C(=O)/C(=C(/O)c3cc(C)c(OC)cc3C)C2c2ccc(O)cc2)cc1. The first-order chi connectivity index (χ1) is 17.7. The van der Waals surface area contributed by atoms with E-state index in [4.69, 9.17) is 9.47 Å². The van der Waals surface area contributed by atoms with Gasteiger partial charge in [-0.1, -0.05) is 24.3 Å². The van der Waals surface area contributed by atoms with Gasteiger partial charge in [0.2, 0.25) is 0 Å². The average Bonchev–Trinajstić information content (AvgIpc) is 3.14. The highest BCUT2D eigenvalue weighted by Crippen LogP contribution is 2.41. The van der Waals surface area contributed by atoms with Gasteiger partial charge >= 0.3 is 5.97 Å². The highest BCUT2D eigenvalue weighted by molar-refractivity contribution is 6.46. The standard InChI is InChI=1S/C29H27NO7/c1-16-14-23(36-3)17(2)13-22(16)26(32)24-25(19-9-11-21(31)12-10-19)30(28(34)27(24)33)15-18-5-7-20(8-6-18)29(35)37-4/h5-14,25,31-32H,15H2,1-4H3/b26-24+. The van der Waals surface area contributed by atoms with Crippen molar-refractivity contribution in [2.45, 2.75) is 26.4 Å². The molecule has 4 rings (SSSR count). The van der Waals surface area contributed by atoms with Crippen LogP contribution in [0.25, 0.3) is 5.76 Å². The third-order valence-corrected chi connectivity index (χ3v) is 6.47. The Bertz CT molecular complexity index is 1410. The number of hydrogen-bond donors (Lipinski definition) is 2. The maximum atomic E-state index is 13.3. The van der Waals surface area contributed by atoms with Crippen LogP contribution < -0.4 is 4.74 Å². The molecular weight excluding hydrogens is 474 g/mol. The normalized spacial score (nSPS) is 16.6. The number of ether oxygens (including phenoxy) is 2. The molecule has 2 N–H and O–H groups in total. The van der Waals surface area contributed by atoms with E-state index in [-0.39, 0.29) is 23.6 Å². The number of phenols is 1. The molecule has 1 fully saturated rings. The molecule has 1 atom stereocenters. The van der Waals surface area contributed by atoms with Gasteiger partial charge in [-0.05, 0) is 72.5 Å². The van der Waals surface area contributed by atoms with E-state index in [1.807, 2.05) is 6.92 Å². The summed E-state index contributed by atoms with van der Waals surface area (Å²) in [5, 5.41) is 21.2. The number of phenolic OH excluding ortho intramolecular Hbond substituents is 1. The maximum Gasteiger partial charge on any atom is 0.337 e. The lowest BCUT2D eigenvalue weighted by Crippen LogP contribution is -2.29. The zero-order valence-corrected chi connectivity index (χ0v) is 20.9. The van der Waals surface area contributed by atoms with Crippen molar-refractivity contribution in [3.8, 4) is 11.5 Å². The van der Waals surface area contributed by atoms with Crippen LogP contribution >= 0.6 is 0 Å². The number of esters is 1. The second-order valence-corrected chi connectivity index (χ2v) is 8.84. The minimum Gasteiger partial charge on any atom is -0.508 e. The fourth-order valence-corrected chi connectivity index (χ4v) is 4.52. The Balaban J connectivity index is 1.83.